The minimum absolute atomic E-state index is 0.438. The van der Waals surface area contributed by atoms with Crippen LogP contribution in [0.1, 0.15) is 22.3 Å². The van der Waals surface area contributed by atoms with Crippen LogP contribution in [0.2, 0.25) is 0 Å². The van der Waals surface area contributed by atoms with Crippen LogP contribution in [-0.4, -0.2) is 12.0 Å². The smallest absolute Gasteiger partial charge is 0.106 e. The van der Waals surface area contributed by atoms with E-state index in [4.69, 9.17) is 18.0 Å². The number of nitrogens with zero attached hydrogens (tertiary/aromatic N) is 1. The van der Waals surface area contributed by atoms with Gasteiger partial charge in [-0.25, -0.2) is 0 Å². The van der Waals surface area contributed by atoms with Crippen LogP contribution in [0.25, 0.3) is 0 Å². The van der Waals surface area contributed by atoms with Gasteiger partial charge >= 0.3 is 0 Å². The zero-order chi connectivity index (χ0) is 14.7. The van der Waals surface area contributed by atoms with Crippen LogP contribution in [-0.2, 0) is 6.54 Å². The van der Waals surface area contributed by atoms with E-state index >= 15 is 0 Å². The zero-order valence-electron chi connectivity index (χ0n) is 12.2. The Kier molecular flexibility index (Phi) is 4.40. The van der Waals surface area contributed by atoms with E-state index in [1.165, 1.54) is 16.7 Å². The van der Waals surface area contributed by atoms with Crippen LogP contribution in [0.3, 0.4) is 0 Å². The van der Waals surface area contributed by atoms with Gasteiger partial charge in [-0.1, -0.05) is 53.7 Å². The lowest BCUT2D eigenvalue weighted by Crippen LogP contribution is -2.21. The second-order valence-corrected chi connectivity index (χ2v) is 5.67. The minimum Gasteiger partial charge on any atom is -0.389 e. The SMILES string of the molecule is Cc1cc(C)cc(CN(C)c2ccccc2C(N)=S)c1. The van der Waals surface area contributed by atoms with Crippen LogP contribution < -0.4 is 10.6 Å². The first kappa shape index (κ1) is 14.5. The van der Waals surface area contributed by atoms with Crippen molar-refractivity contribution in [3.63, 3.8) is 0 Å². The monoisotopic (exact) mass is 284 g/mol. The van der Waals surface area contributed by atoms with Crippen LogP contribution in [0, 0.1) is 13.8 Å². The van der Waals surface area contributed by atoms with Crippen molar-refractivity contribution in [3.8, 4) is 0 Å². The van der Waals surface area contributed by atoms with Gasteiger partial charge in [0.2, 0.25) is 0 Å². The summed E-state index contributed by atoms with van der Waals surface area (Å²) >= 11 is 5.13. The van der Waals surface area contributed by atoms with E-state index in [0.29, 0.717) is 4.99 Å². The maximum absolute atomic E-state index is 5.80. The van der Waals surface area contributed by atoms with Crippen molar-refractivity contribution in [2.24, 2.45) is 5.73 Å². The van der Waals surface area contributed by atoms with Crippen molar-refractivity contribution >= 4 is 22.9 Å². The van der Waals surface area contributed by atoms with Crippen molar-refractivity contribution in [2.45, 2.75) is 20.4 Å². The number of nitrogens with two attached hydrogens (primary N) is 1. The van der Waals surface area contributed by atoms with Gasteiger partial charge in [-0.3, -0.25) is 0 Å². The molecule has 0 unspecified atom stereocenters. The molecule has 0 aliphatic rings. The Labute approximate surface area is 126 Å². The summed E-state index contributed by atoms with van der Waals surface area (Å²) in [6.45, 7) is 5.08. The first-order chi connectivity index (χ1) is 9.47. The van der Waals surface area contributed by atoms with E-state index in [1.807, 2.05) is 18.2 Å². The van der Waals surface area contributed by atoms with Crippen LogP contribution >= 0.6 is 12.2 Å². The predicted molar refractivity (Wildman–Crippen MR) is 90.4 cm³/mol. The highest BCUT2D eigenvalue weighted by atomic mass is 32.1. The molecule has 0 bridgehead atoms. The highest BCUT2D eigenvalue weighted by molar-refractivity contribution is 7.80. The summed E-state index contributed by atoms with van der Waals surface area (Å²) < 4.78 is 0. The van der Waals surface area contributed by atoms with Gasteiger partial charge in [0.25, 0.3) is 0 Å². The molecular formula is C17H20N2S. The summed E-state index contributed by atoms with van der Waals surface area (Å²) in [6.07, 6.45) is 0. The second kappa shape index (κ2) is 6.06. The Morgan fingerprint density at radius 3 is 2.30 bits per heavy atom. The third-order valence-corrected chi connectivity index (χ3v) is 3.50. The molecule has 2 rings (SSSR count). The molecule has 0 spiro atoms. The van der Waals surface area contributed by atoms with Crippen molar-refractivity contribution in [2.75, 3.05) is 11.9 Å². The second-order valence-electron chi connectivity index (χ2n) is 5.23. The number of hydrogen-bond acceptors (Lipinski definition) is 2. The normalized spacial score (nSPS) is 10.3. The van der Waals surface area contributed by atoms with E-state index in [1.54, 1.807) is 0 Å². The molecule has 0 radical (unpaired) electrons. The fourth-order valence-electron chi connectivity index (χ4n) is 2.53. The third-order valence-electron chi connectivity index (χ3n) is 3.28. The van der Waals surface area contributed by atoms with Crippen LogP contribution in [0.4, 0.5) is 5.69 Å². The summed E-state index contributed by atoms with van der Waals surface area (Å²) in [7, 11) is 2.06. The lowest BCUT2D eigenvalue weighted by Gasteiger charge is -2.22. The molecule has 0 saturated carbocycles. The lowest BCUT2D eigenvalue weighted by atomic mass is 10.1. The highest BCUT2D eigenvalue weighted by Crippen LogP contribution is 2.21. The fourth-order valence-corrected chi connectivity index (χ4v) is 2.71. The van der Waals surface area contributed by atoms with E-state index in [9.17, 15) is 0 Å². The number of benzene rings is 2. The number of hydrogen-bond donors (Lipinski definition) is 1. The van der Waals surface area contributed by atoms with E-state index in [0.717, 1.165) is 17.8 Å². The summed E-state index contributed by atoms with van der Waals surface area (Å²) in [5.74, 6) is 0. The Morgan fingerprint density at radius 1 is 1.10 bits per heavy atom. The average molecular weight is 284 g/mol. The largest absolute Gasteiger partial charge is 0.389 e. The minimum atomic E-state index is 0.438. The third kappa shape index (κ3) is 3.36. The van der Waals surface area contributed by atoms with Gasteiger partial charge < -0.3 is 10.6 Å². The van der Waals surface area contributed by atoms with Gasteiger partial charge in [0.05, 0.1) is 0 Å². The summed E-state index contributed by atoms with van der Waals surface area (Å²) in [4.78, 5) is 2.62. The van der Waals surface area contributed by atoms with Crippen molar-refractivity contribution in [1.29, 1.82) is 0 Å². The fraction of sp³-hybridized carbons (Fsp3) is 0.235. The quantitative estimate of drug-likeness (QED) is 0.870. The van der Waals surface area contributed by atoms with E-state index in [2.05, 4.69) is 50.1 Å². The lowest BCUT2D eigenvalue weighted by molar-refractivity contribution is 0.918. The Bertz CT molecular complexity index is 614. The van der Waals surface area contributed by atoms with Crippen molar-refractivity contribution in [1.82, 2.24) is 0 Å². The first-order valence-electron chi connectivity index (χ1n) is 6.64. The van der Waals surface area contributed by atoms with Crippen molar-refractivity contribution in [3.05, 3.63) is 64.7 Å². The van der Waals surface area contributed by atoms with Gasteiger partial charge in [-0.05, 0) is 31.5 Å². The van der Waals surface area contributed by atoms with E-state index in [-0.39, 0.29) is 0 Å². The maximum atomic E-state index is 5.80. The first-order valence-corrected chi connectivity index (χ1v) is 7.05. The maximum Gasteiger partial charge on any atom is 0.106 e. The standard InChI is InChI=1S/C17H20N2S/c1-12-8-13(2)10-14(9-12)11-19(3)16-7-5-4-6-15(16)17(18)20/h4-10H,11H2,1-3H3,(H2,18,20). The zero-order valence-corrected chi connectivity index (χ0v) is 13.0. The molecule has 0 amide bonds. The van der Waals surface area contributed by atoms with Crippen LogP contribution in [0.5, 0.6) is 0 Å². The molecule has 2 aromatic carbocycles. The van der Waals surface area contributed by atoms with Crippen molar-refractivity contribution < 1.29 is 0 Å². The highest BCUT2D eigenvalue weighted by Gasteiger charge is 2.09. The van der Waals surface area contributed by atoms with E-state index < -0.39 is 0 Å². The van der Waals surface area contributed by atoms with Gasteiger partial charge in [0.15, 0.2) is 0 Å². The van der Waals surface area contributed by atoms with Gasteiger partial charge in [-0.2, -0.15) is 0 Å². The number of thiocarbonyl (C=S) groups is 1. The topological polar surface area (TPSA) is 29.3 Å². The number of rotatable bonds is 4. The Morgan fingerprint density at radius 2 is 1.70 bits per heavy atom. The predicted octanol–water partition coefficient (Wildman–Crippen LogP) is 3.57. The molecule has 3 heteroatoms. The molecule has 2 aromatic rings. The summed E-state index contributed by atoms with van der Waals surface area (Å²) in [6, 6.07) is 14.6. The molecule has 0 heterocycles. The molecule has 104 valence electrons. The molecule has 0 atom stereocenters. The molecule has 20 heavy (non-hydrogen) atoms. The molecule has 0 saturated heterocycles. The van der Waals surface area contributed by atoms with Crippen LogP contribution in [0.15, 0.2) is 42.5 Å². The number of para-hydroxylation sites is 1. The van der Waals surface area contributed by atoms with Gasteiger partial charge in [0.1, 0.15) is 4.99 Å². The molecular weight excluding hydrogens is 264 g/mol. The molecule has 0 fully saturated rings. The Hall–Kier alpha value is -1.87. The average Bonchev–Trinajstić information content (AvgIpc) is 2.37. The van der Waals surface area contributed by atoms with Gasteiger partial charge in [-0.15, -0.1) is 0 Å². The summed E-state index contributed by atoms with van der Waals surface area (Å²) in [5.41, 5.74) is 11.7. The molecule has 2 N–H and O–H groups in total. The van der Waals surface area contributed by atoms with Gasteiger partial charge in [0, 0.05) is 24.8 Å². The molecule has 0 aliphatic carbocycles. The Balaban J connectivity index is 2.28. The molecule has 2 nitrogen and oxygen atoms in total. The number of aryl methyl sites for hydroxylation is 2. The number of anilines is 1. The molecule has 0 aromatic heterocycles. The molecule has 0 aliphatic heterocycles. The summed E-state index contributed by atoms with van der Waals surface area (Å²) in [5, 5.41) is 0.